The van der Waals surface area contributed by atoms with E-state index < -0.39 is 0 Å². The van der Waals surface area contributed by atoms with Crippen LogP contribution in [0.5, 0.6) is 0 Å². The average Bonchev–Trinajstić information content (AvgIpc) is 3.22. The Hall–Kier alpha value is -2.96. The first-order valence-electron chi connectivity index (χ1n) is 7.93. The van der Waals surface area contributed by atoms with Crippen LogP contribution in [0.1, 0.15) is 35.2 Å². The Labute approximate surface area is 137 Å². The molecule has 1 amide bonds. The second-order valence-corrected chi connectivity index (χ2v) is 5.98. The highest BCUT2D eigenvalue weighted by atomic mass is 16.2. The summed E-state index contributed by atoms with van der Waals surface area (Å²) in [5.41, 5.74) is 1.90. The van der Waals surface area contributed by atoms with Crippen LogP contribution in [0.3, 0.4) is 0 Å². The van der Waals surface area contributed by atoms with Gasteiger partial charge >= 0.3 is 0 Å². The number of H-pyrrole nitrogens is 1. The molecule has 2 aromatic heterocycles. The average molecular weight is 323 g/mol. The third kappa shape index (κ3) is 2.38. The van der Waals surface area contributed by atoms with Crippen LogP contribution >= 0.6 is 0 Å². The summed E-state index contributed by atoms with van der Waals surface area (Å²) in [5.74, 6) is 0.625. The van der Waals surface area contributed by atoms with Crippen molar-refractivity contribution in [2.45, 2.75) is 18.9 Å². The van der Waals surface area contributed by atoms with Crippen LogP contribution in [0.15, 0.2) is 41.2 Å². The SMILES string of the molecule is Cn1nc(C(=O)N2CCCC2c2nc3ccccc3[nH]2)ccc1=O. The van der Waals surface area contributed by atoms with Gasteiger partial charge in [-0.25, -0.2) is 9.67 Å². The number of likely N-dealkylation sites (tertiary alicyclic amines) is 1. The van der Waals surface area contributed by atoms with E-state index >= 15 is 0 Å². The zero-order chi connectivity index (χ0) is 16.7. The molecule has 1 unspecified atom stereocenters. The lowest BCUT2D eigenvalue weighted by molar-refractivity contribution is 0.0722. The monoisotopic (exact) mass is 323 g/mol. The van der Waals surface area contributed by atoms with Crippen molar-refractivity contribution in [3.63, 3.8) is 0 Å². The van der Waals surface area contributed by atoms with E-state index in [0.717, 1.165) is 29.7 Å². The fraction of sp³-hybridized carbons (Fsp3) is 0.294. The van der Waals surface area contributed by atoms with E-state index in [1.54, 1.807) is 11.9 Å². The molecule has 1 saturated heterocycles. The fourth-order valence-corrected chi connectivity index (χ4v) is 3.19. The van der Waals surface area contributed by atoms with Crippen molar-refractivity contribution in [1.82, 2.24) is 24.6 Å². The molecule has 0 aliphatic carbocycles. The van der Waals surface area contributed by atoms with Crippen molar-refractivity contribution in [1.29, 1.82) is 0 Å². The molecule has 7 heteroatoms. The molecule has 1 aliphatic rings. The first-order chi connectivity index (χ1) is 11.6. The van der Waals surface area contributed by atoms with Crippen LogP contribution in [-0.4, -0.2) is 37.1 Å². The number of benzene rings is 1. The molecule has 3 aromatic rings. The number of para-hydroxylation sites is 2. The second kappa shape index (κ2) is 5.59. The predicted molar refractivity (Wildman–Crippen MR) is 88.6 cm³/mol. The van der Waals surface area contributed by atoms with Crippen LogP contribution < -0.4 is 5.56 Å². The van der Waals surface area contributed by atoms with E-state index in [2.05, 4.69) is 15.1 Å². The molecule has 1 atom stereocenters. The van der Waals surface area contributed by atoms with Gasteiger partial charge in [-0.2, -0.15) is 5.10 Å². The lowest BCUT2D eigenvalue weighted by Gasteiger charge is -2.22. The number of fused-ring (bicyclic) bond motifs is 1. The molecule has 1 fully saturated rings. The molecule has 0 spiro atoms. The molecule has 1 N–H and O–H groups in total. The molecule has 1 aromatic carbocycles. The fourth-order valence-electron chi connectivity index (χ4n) is 3.19. The zero-order valence-corrected chi connectivity index (χ0v) is 13.3. The Morgan fingerprint density at radius 3 is 2.88 bits per heavy atom. The molecule has 7 nitrogen and oxygen atoms in total. The van der Waals surface area contributed by atoms with Gasteiger partial charge in [-0.05, 0) is 31.0 Å². The lowest BCUT2D eigenvalue weighted by atomic mass is 10.2. The molecule has 4 rings (SSSR count). The van der Waals surface area contributed by atoms with Gasteiger partial charge in [0.1, 0.15) is 11.5 Å². The number of nitrogens with one attached hydrogen (secondary N) is 1. The molecular formula is C17H17N5O2. The normalized spacial score (nSPS) is 17.5. The van der Waals surface area contributed by atoms with E-state index in [1.165, 1.54) is 16.8 Å². The first kappa shape index (κ1) is 14.6. The predicted octanol–water partition coefficient (Wildman–Crippen LogP) is 1.63. The van der Waals surface area contributed by atoms with Gasteiger partial charge in [0, 0.05) is 19.7 Å². The molecule has 24 heavy (non-hydrogen) atoms. The maximum absolute atomic E-state index is 12.8. The number of amides is 1. The summed E-state index contributed by atoms with van der Waals surface area (Å²) in [7, 11) is 1.54. The van der Waals surface area contributed by atoms with E-state index in [0.29, 0.717) is 6.54 Å². The number of hydrogen-bond donors (Lipinski definition) is 1. The van der Waals surface area contributed by atoms with Gasteiger partial charge in [0.2, 0.25) is 0 Å². The molecule has 0 saturated carbocycles. The minimum Gasteiger partial charge on any atom is -0.340 e. The van der Waals surface area contributed by atoms with Gasteiger partial charge in [-0.1, -0.05) is 12.1 Å². The summed E-state index contributed by atoms with van der Waals surface area (Å²) in [6, 6.07) is 10.6. The van der Waals surface area contributed by atoms with E-state index in [-0.39, 0.29) is 23.2 Å². The highest BCUT2D eigenvalue weighted by molar-refractivity contribution is 5.92. The molecule has 1 aliphatic heterocycles. The van der Waals surface area contributed by atoms with Gasteiger partial charge < -0.3 is 9.88 Å². The van der Waals surface area contributed by atoms with Crippen LogP contribution in [0, 0.1) is 0 Å². The highest BCUT2D eigenvalue weighted by Gasteiger charge is 2.33. The summed E-state index contributed by atoms with van der Waals surface area (Å²) in [4.78, 5) is 34.0. The van der Waals surface area contributed by atoms with Crippen LogP contribution in [0.2, 0.25) is 0 Å². The molecular weight excluding hydrogens is 306 g/mol. The Balaban J connectivity index is 1.67. The largest absolute Gasteiger partial charge is 0.340 e. The van der Waals surface area contributed by atoms with Gasteiger partial charge in [-0.15, -0.1) is 0 Å². The van der Waals surface area contributed by atoms with Crippen molar-refractivity contribution < 1.29 is 4.79 Å². The van der Waals surface area contributed by atoms with E-state index in [4.69, 9.17) is 0 Å². The lowest BCUT2D eigenvalue weighted by Crippen LogP contribution is -2.33. The summed E-state index contributed by atoms with van der Waals surface area (Å²) >= 11 is 0. The second-order valence-electron chi connectivity index (χ2n) is 5.98. The van der Waals surface area contributed by atoms with Crippen LogP contribution in [-0.2, 0) is 7.05 Å². The van der Waals surface area contributed by atoms with Gasteiger partial charge in [0.15, 0.2) is 0 Å². The van der Waals surface area contributed by atoms with Gasteiger partial charge in [0.05, 0.1) is 17.1 Å². The quantitative estimate of drug-likeness (QED) is 0.777. The Kier molecular flexibility index (Phi) is 3.41. The van der Waals surface area contributed by atoms with Crippen molar-refractivity contribution in [3.8, 4) is 0 Å². The minimum absolute atomic E-state index is 0.0936. The van der Waals surface area contributed by atoms with Crippen molar-refractivity contribution in [2.75, 3.05) is 6.54 Å². The minimum atomic E-state index is -0.234. The van der Waals surface area contributed by atoms with Crippen LogP contribution in [0.4, 0.5) is 0 Å². The number of rotatable bonds is 2. The highest BCUT2D eigenvalue weighted by Crippen LogP contribution is 2.32. The molecule has 0 radical (unpaired) electrons. The summed E-state index contributed by atoms with van der Waals surface area (Å²) in [6.45, 7) is 0.658. The number of aryl methyl sites for hydroxylation is 1. The standard InChI is InChI=1S/C17H17N5O2/c1-21-15(23)9-8-13(20-21)17(24)22-10-4-7-14(22)16-18-11-5-2-3-6-12(11)19-16/h2-3,5-6,8-9,14H,4,7,10H2,1H3,(H,18,19). The Morgan fingerprint density at radius 2 is 2.08 bits per heavy atom. The Morgan fingerprint density at radius 1 is 1.25 bits per heavy atom. The summed E-state index contributed by atoms with van der Waals surface area (Å²) in [6.07, 6.45) is 1.77. The number of carbonyl (C=O) groups is 1. The van der Waals surface area contributed by atoms with Crippen LogP contribution in [0.25, 0.3) is 11.0 Å². The maximum Gasteiger partial charge on any atom is 0.274 e. The third-order valence-corrected chi connectivity index (χ3v) is 4.42. The van der Waals surface area contributed by atoms with Gasteiger partial charge in [-0.3, -0.25) is 9.59 Å². The smallest absolute Gasteiger partial charge is 0.274 e. The number of hydrogen-bond acceptors (Lipinski definition) is 4. The van der Waals surface area contributed by atoms with E-state index in [1.807, 2.05) is 24.3 Å². The summed E-state index contributed by atoms with van der Waals surface area (Å²) in [5, 5.41) is 4.07. The van der Waals surface area contributed by atoms with Crippen molar-refractivity contribution in [3.05, 3.63) is 58.3 Å². The summed E-state index contributed by atoms with van der Waals surface area (Å²) < 4.78 is 1.18. The number of carbonyl (C=O) groups excluding carboxylic acids is 1. The number of aromatic nitrogens is 4. The Bertz CT molecular complexity index is 941. The number of imidazole rings is 1. The third-order valence-electron chi connectivity index (χ3n) is 4.42. The molecule has 3 heterocycles. The molecule has 122 valence electrons. The maximum atomic E-state index is 12.8. The first-order valence-corrected chi connectivity index (χ1v) is 7.93. The van der Waals surface area contributed by atoms with Crippen molar-refractivity contribution in [2.24, 2.45) is 7.05 Å². The number of aromatic amines is 1. The van der Waals surface area contributed by atoms with E-state index in [9.17, 15) is 9.59 Å². The topological polar surface area (TPSA) is 83.9 Å². The molecule has 0 bridgehead atoms. The van der Waals surface area contributed by atoms with Gasteiger partial charge in [0.25, 0.3) is 11.5 Å². The number of nitrogens with zero attached hydrogens (tertiary/aromatic N) is 4. The van der Waals surface area contributed by atoms with Crippen molar-refractivity contribution >= 4 is 16.9 Å². The zero-order valence-electron chi connectivity index (χ0n) is 13.3.